The number of sulfonamides is 1. The van der Waals surface area contributed by atoms with E-state index >= 15 is 0 Å². The quantitative estimate of drug-likeness (QED) is 0.230. The lowest BCUT2D eigenvalue weighted by Gasteiger charge is -2.34. The van der Waals surface area contributed by atoms with Gasteiger partial charge in [-0.25, -0.2) is 8.42 Å². The summed E-state index contributed by atoms with van der Waals surface area (Å²) in [6.45, 7) is 5.82. The van der Waals surface area contributed by atoms with Gasteiger partial charge in [0.25, 0.3) is 10.0 Å². The van der Waals surface area contributed by atoms with E-state index in [1.165, 1.54) is 29.2 Å². The molecule has 44 heavy (non-hydrogen) atoms. The Kier molecular flexibility index (Phi) is 11.7. The number of carbonyl (C=O) groups is 2. The van der Waals surface area contributed by atoms with E-state index in [0.29, 0.717) is 29.5 Å². The van der Waals surface area contributed by atoms with Crippen molar-refractivity contribution >= 4 is 39.1 Å². The minimum atomic E-state index is -4.20. The number of hydrogen-bond donors (Lipinski definition) is 1. The molecular weight excluding hydrogens is 598 g/mol. The number of nitrogens with zero attached hydrogens (tertiary/aromatic N) is 2. The molecule has 0 aromatic heterocycles. The Morgan fingerprint density at radius 3 is 2.23 bits per heavy atom. The molecule has 1 atom stereocenters. The Morgan fingerprint density at radius 2 is 1.61 bits per heavy atom. The third-order valence-electron chi connectivity index (χ3n) is 8.06. The number of rotatable bonds is 13. The minimum absolute atomic E-state index is 0.00359. The zero-order valence-electron chi connectivity index (χ0n) is 25.7. The normalized spacial score (nSPS) is 14.5. The number of hydrogen-bond acceptors (Lipinski definition) is 5. The third-order valence-corrected chi connectivity index (χ3v) is 10.1. The predicted molar refractivity (Wildman–Crippen MR) is 174 cm³/mol. The maximum atomic E-state index is 14.3. The van der Waals surface area contributed by atoms with Gasteiger partial charge in [0.2, 0.25) is 11.8 Å². The van der Waals surface area contributed by atoms with Gasteiger partial charge in [0.15, 0.2) is 0 Å². The van der Waals surface area contributed by atoms with Crippen LogP contribution in [0.4, 0.5) is 5.69 Å². The van der Waals surface area contributed by atoms with Crippen LogP contribution in [0, 0.1) is 6.92 Å². The number of amides is 2. The summed E-state index contributed by atoms with van der Waals surface area (Å²) in [6, 6.07) is 19.4. The van der Waals surface area contributed by atoms with Gasteiger partial charge in [0.05, 0.1) is 17.2 Å². The van der Waals surface area contributed by atoms with Gasteiger partial charge in [-0.05, 0) is 92.8 Å². The van der Waals surface area contributed by atoms with E-state index in [1.807, 2.05) is 45.0 Å². The molecule has 1 N–H and O–H groups in total. The van der Waals surface area contributed by atoms with Crippen LogP contribution < -0.4 is 14.4 Å². The molecule has 1 aliphatic carbocycles. The van der Waals surface area contributed by atoms with Gasteiger partial charge in [-0.3, -0.25) is 13.9 Å². The van der Waals surface area contributed by atoms with Crippen LogP contribution in [0.15, 0.2) is 77.7 Å². The molecule has 1 fully saturated rings. The fraction of sp³-hybridized carbons (Fsp3) is 0.412. The van der Waals surface area contributed by atoms with Gasteiger partial charge in [-0.15, -0.1) is 0 Å². The van der Waals surface area contributed by atoms with Crippen molar-refractivity contribution in [2.24, 2.45) is 0 Å². The van der Waals surface area contributed by atoms with Crippen LogP contribution in [-0.2, 0) is 26.2 Å². The van der Waals surface area contributed by atoms with Crippen molar-refractivity contribution < 1.29 is 22.7 Å². The maximum Gasteiger partial charge on any atom is 0.264 e. The maximum absolute atomic E-state index is 14.3. The van der Waals surface area contributed by atoms with Crippen LogP contribution in [0.2, 0.25) is 5.02 Å². The van der Waals surface area contributed by atoms with E-state index < -0.39 is 28.5 Å². The number of carbonyl (C=O) groups excluding carboxylic acids is 2. The van der Waals surface area contributed by atoms with Crippen molar-refractivity contribution in [3.05, 3.63) is 88.9 Å². The second-order valence-electron chi connectivity index (χ2n) is 11.1. The molecule has 3 aromatic rings. The second kappa shape index (κ2) is 15.4. The van der Waals surface area contributed by atoms with Crippen LogP contribution >= 0.6 is 11.6 Å². The van der Waals surface area contributed by atoms with Crippen LogP contribution in [0.1, 0.15) is 63.5 Å². The SMILES string of the molecule is CCOc1ccc(N(CC(=O)N(Cc2ccccc2C)C(CC)C(=O)NC2CCCCC2)S(=O)(=O)c2ccc(Cl)cc2)cc1. The smallest absolute Gasteiger partial charge is 0.264 e. The average molecular weight is 640 g/mol. The summed E-state index contributed by atoms with van der Waals surface area (Å²) in [7, 11) is -4.20. The van der Waals surface area contributed by atoms with Gasteiger partial charge < -0.3 is 15.0 Å². The number of ether oxygens (including phenoxy) is 1. The number of aryl methyl sites for hydroxylation is 1. The van der Waals surface area contributed by atoms with E-state index in [1.54, 1.807) is 24.3 Å². The molecule has 0 heterocycles. The molecule has 4 rings (SSSR count). The van der Waals surface area contributed by atoms with Crippen molar-refractivity contribution in [3.8, 4) is 5.75 Å². The summed E-state index contributed by atoms with van der Waals surface area (Å²) in [5.41, 5.74) is 2.16. The zero-order valence-corrected chi connectivity index (χ0v) is 27.2. The molecular formula is C34H42ClN3O5S. The van der Waals surface area contributed by atoms with Crippen LogP contribution in [0.5, 0.6) is 5.75 Å². The van der Waals surface area contributed by atoms with Gasteiger partial charge in [-0.1, -0.05) is 62.1 Å². The van der Waals surface area contributed by atoms with E-state index in [9.17, 15) is 18.0 Å². The van der Waals surface area contributed by atoms with Gasteiger partial charge in [-0.2, -0.15) is 0 Å². The van der Waals surface area contributed by atoms with E-state index in [4.69, 9.17) is 16.3 Å². The minimum Gasteiger partial charge on any atom is -0.494 e. The van der Waals surface area contributed by atoms with E-state index in [2.05, 4.69) is 5.32 Å². The predicted octanol–water partition coefficient (Wildman–Crippen LogP) is 6.50. The van der Waals surface area contributed by atoms with Crippen LogP contribution in [0.25, 0.3) is 0 Å². The Labute approximate surface area is 266 Å². The van der Waals surface area contributed by atoms with Gasteiger partial charge in [0, 0.05) is 17.6 Å². The number of benzene rings is 3. The van der Waals surface area contributed by atoms with Crippen LogP contribution in [-0.4, -0.2) is 50.4 Å². The summed E-state index contributed by atoms with van der Waals surface area (Å²) in [4.78, 5) is 29.6. The number of anilines is 1. The Hall–Kier alpha value is -3.56. The molecule has 8 nitrogen and oxygen atoms in total. The fourth-order valence-electron chi connectivity index (χ4n) is 5.57. The monoisotopic (exact) mass is 639 g/mol. The molecule has 0 bridgehead atoms. The lowest BCUT2D eigenvalue weighted by Crippen LogP contribution is -2.54. The van der Waals surface area contributed by atoms with Crippen molar-refractivity contribution in [1.82, 2.24) is 10.2 Å². The highest BCUT2D eigenvalue weighted by molar-refractivity contribution is 7.92. The molecule has 0 saturated heterocycles. The van der Waals surface area contributed by atoms with E-state index in [-0.39, 0.29) is 23.4 Å². The topological polar surface area (TPSA) is 96.0 Å². The highest BCUT2D eigenvalue weighted by Crippen LogP contribution is 2.28. The van der Waals surface area contributed by atoms with Crippen molar-refractivity contribution in [2.45, 2.75) is 82.8 Å². The number of nitrogens with one attached hydrogen (secondary N) is 1. The first-order valence-electron chi connectivity index (χ1n) is 15.3. The van der Waals surface area contributed by atoms with Gasteiger partial charge >= 0.3 is 0 Å². The van der Waals surface area contributed by atoms with Crippen LogP contribution in [0.3, 0.4) is 0 Å². The molecule has 236 valence electrons. The molecule has 1 unspecified atom stereocenters. The first-order chi connectivity index (χ1) is 21.1. The highest BCUT2D eigenvalue weighted by atomic mass is 35.5. The van der Waals surface area contributed by atoms with Crippen molar-refractivity contribution in [1.29, 1.82) is 0 Å². The fourth-order valence-corrected chi connectivity index (χ4v) is 7.11. The van der Waals surface area contributed by atoms with Crippen molar-refractivity contribution in [2.75, 3.05) is 17.5 Å². The molecule has 2 amide bonds. The molecule has 10 heteroatoms. The van der Waals surface area contributed by atoms with E-state index in [0.717, 1.165) is 47.5 Å². The Bertz CT molecular complexity index is 1510. The first kappa shape index (κ1) is 33.3. The summed E-state index contributed by atoms with van der Waals surface area (Å²) in [6.07, 6.45) is 5.49. The first-order valence-corrected chi connectivity index (χ1v) is 17.1. The molecule has 1 aliphatic rings. The molecule has 0 radical (unpaired) electrons. The number of halogens is 1. The molecule has 0 aliphatic heterocycles. The largest absolute Gasteiger partial charge is 0.494 e. The average Bonchev–Trinajstić information content (AvgIpc) is 3.02. The molecule has 0 spiro atoms. The lowest BCUT2D eigenvalue weighted by molar-refractivity contribution is -0.140. The zero-order chi connectivity index (χ0) is 31.7. The summed E-state index contributed by atoms with van der Waals surface area (Å²) >= 11 is 6.05. The summed E-state index contributed by atoms with van der Waals surface area (Å²) < 4.78 is 34.8. The lowest BCUT2D eigenvalue weighted by atomic mass is 9.95. The Balaban J connectivity index is 1.71. The summed E-state index contributed by atoms with van der Waals surface area (Å²) in [5, 5.41) is 3.57. The third kappa shape index (κ3) is 8.33. The van der Waals surface area contributed by atoms with Gasteiger partial charge in [0.1, 0.15) is 18.3 Å². The molecule has 1 saturated carbocycles. The standard InChI is InChI=1S/C34H42ClN3O5S/c1-4-32(34(40)36-28-13-7-6-8-14-28)37(23-26-12-10-9-11-25(26)3)33(39)24-38(29-17-19-30(20-18-29)43-5-2)44(41,42)31-21-15-27(35)16-22-31/h9-12,15-22,28,32H,4-8,13-14,23-24H2,1-3H3,(H,36,40). The Morgan fingerprint density at radius 1 is 0.955 bits per heavy atom. The highest BCUT2D eigenvalue weighted by Gasteiger charge is 2.34. The molecule has 3 aromatic carbocycles. The van der Waals surface area contributed by atoms with Crippen molar-refractivity contribution in [3.63, 3.8) is 0 Å². The second-order valence-corrected chi connectivity index (χ2v) is 13.4. The summed E-state index contributed by atoms with van der Waals surface area (Å²) in [5.74, 6) is -0.113.